The van der Waals surface area contributed by atoms with Crippen LogP contribution in [0.2, 0.25) is 0 Å². The van der Waals surface area contributed by atoms with Crippen molar-refractivity contribution in [1.29, 1.82) is 0 Å². The van der Waals surface area contributed by atoms with Gasteiger partial charge in [-0.2, -0.15) is 5.10 Å². The van der Waals surface area contributed by atoms with Crippen molar-refractivity contribution in [1.82, 2.24) is 30.0 Å². The highest BCUT2D eigenvalue weighted by atomic mass is 79.9. The summed E-state index contributed by atoms with van der Waals surface area (Å²) < 4.78 is 6.08. The van der Waals surface area contributed by atoms with E-state index in [4.69, 9.17) is 4.74 Å². The van der Waals surface area contributed by atoms with Crippen LogP contribution in [0, 0.1) is 0 Å². The van der Waals surface area contributed by atoms with Crippen molar-refractivity contribution in [2.45, 2.75) is 13.0 Å². The Labute approximate surface area is 174 Å². The quantitative estimate of drug-likeness (QED) is 0.437. The summed E-state index contributed by atoms with van der Waals surface area (Å²) in [6.07, 6.45) is 3.23. The summed E-state index contributed by atoms with van der Waals surface area (Å²) in [5.74, 6) is 0.520. The fraction of sp³-hybridized carbons (Fsp3) is 0.263. The number of amides is 1. The molecule has 9 nitrogen and oxygen atoms in total. The lowest BCUT2D eigenvalue weighted by molar-refractivity contribution is 0.00327. The second-order valence-electron chi connectivity index (χ2n) is 6.98. The van der Waals surface area contributed by atoms with Crippen LogP contribution in [0.4, 0.5) is 11.5 Å². The average Bonchev–Trinajstić information content (AvgIpc) is 3.32. The molecule has 0 unspecified atom stereocenters. The van der Waals surface area contributed by atoms with Crippen LogP contribution in [0.1, 0.15) is 17.4 Å². The van der Waals surface area contributed by atoms with E-state index in [1.165, 1.54) is 6.33 Å². The third-order valence-corrected chi connectivity index (χ3v) is 5.87. The first-order valence-electron chi connectivity index (χ1n) is 9.23. The van der Waals surface area contributed by atoms with Gasteiger partial charge in [0.2, 0.25) is 0 Å². The number of carbonyl (C=O) groups is 1. The van der Waals surface area contributed by atoms with E-state index in [1.54, 1.807) is 6.20 Å². The van der Waals surface area contributed by atoms with E-state index >= 15 is 0 Å². The molecule has 1 aliphatic rings. The first-order valence-corrected chi connectivity index (χ1v) is 10.0. The zero-order valence-electron chi connectivity index (χ0n) is 15.6. The summed E-state index contributed by atoms with van der Waals surface area (Å²) in [4.78, 5) is 26.8. The molecule has 3 N–H and O–H groups in total. The topological polar surface area (TPSA) is 112 Å². The number of morpholine rings is 1. The van der Waals surface area contributed by atoms with E-state index in [0.717, 1.165) is 22.0 Å². The molecular formula is C19H18BrN7O2. The zero-order valence-corrected chi connectivity index (χ0v) is 17.2. The van der Waals surface area contributed by atoms with Gasteiger partial charge in [0.25, 0.3) is 5.91 Å². The molecule has 1 fully saturated rings. The molecule has 5 rings (SSSR count). The van der Waals surface area contributed by atoms with E-state index in [1.807, 2.05) is 30.0 Å². The number of carbonyl (C=O) groups excluding carboxylic acids is 1. The summed E-state index contributed by atoms with van der Waals surface area (Å²) >= 11 is 3.59. The number of nitrogens with one attached hydrogen (secondary N) is 3. The van der Waals surface area contributed by atoms with Crippen LogP contribution in [0.3, 0.4) is 0 Å². The smallest absolute Gasteiger partial charge is 0.271 e. The van der Waals surface area contributed by atoms with Gasteiger partial charge in [-0.15, -0.1) is 0 Å². The predicted octanol–water partition coefficient (Wildman–Crippen LogP) is 3.20. The largest absolute Gasteiger partial charge is 0.377 e. The number of nitrogens with zero attached hydrogens (tertiary/aromatic N) is 4. The molecule has 0 bridgehead atoms. The Morgan fingerprint density at radius 3 is 3.14 bits per heavy atom. The number of hydrogen-bond donors (Lipinski definition) is 3. The highest BCUT2D eigenvalue weighted by molar-refractivity contribution is 9.10. The standard InChI is InChI=1S/C19H18BrN7O2/c1-10-8-29-5-4-27(10)19(28)16-15(20)14-17(21-9-22-18(14)25-16)24-12-2-3-13-11(6-12)7-23-26-13/h2-3,6-7,9-10H,4-5,8H2,1H3,(H,23,26)(H2,21,22,24,25)/t10-/m1/s1. The summed E-state index contributed by atoms with van der Waals surface area (Å²) in [7, 11) is 0. The molecule has 3 aromatic heterocycles. The van der Waals surface area contributed by atoms with Crippen LogP contribution in [0.5, 0.6) is 0 Å². The molecule has 1 amide bonds. The zero-order chi connectivity index (χ0) is 20.0. The molecule has 4 heterocycles. The lowest BCUT2D eigenvalue weighted by Crippen LogP contribution is -2.47. The molecule has 0 saturated carbocycles. The van der Waals surface area contributed by atoms with Crippen molar-refractivity contribution in [3.63, 3.8) is 0 Å². The number of hydrogen-bond acceptors (Lipinski definition) is 6. The number of fused-ring (bicyclic) bond motifs is 2. The van der Waals surface area contributed by atoms with Crippen LogP contribution in [-0.4, -0.2) is 61.8 Å². The molecule has 29 heavy (non-hydrogen) atoms. The van der Waals surface area contributed by atoms with Crippen molar-refractivity contribution in [2.75, 3.05) is 25.1 Å². The normalized spacial score (nSPS) is 17.2. The van der Waals surface area contributed by atoms with Crippen LogP contribution in [0.15, 0.2) is 35.2 Å². The first-order chi connectivity index (χ1) is 14.1. The second kappa shape index (κ2) is 7.12. The van der Waals surface area contributed by atoms with E-state index in [9.17, 15) is 4.79 Å². The molecule has 1 atom stereocenters. The predicted molar refractivity (Wildman–Crippen MR) is 112 cm³/mol. The molecule has 1 aliphatic heterocycles. The van der Waals surface area contributed by atoms with Crippen molar-refractivity contribution >= 4 is 55.3 Å². The maximum absolute atomic E-state index is 13.1. The number of aromatic nitrogens is 5. The second-order valence-corrected chi connectivity index (χ2v) is 7.77. The van der Waals surface area contributed by atoms with Gasteiger partial charge in [-0.3, -0.25) is 9.89 Å². The Morgan fingerprint density at radius 2 is 2.28 bits per heavy atom. The van der Waals surface area contributed by atoms with Crippen LogP contribution in [0.25, 0.3) is 21.9 Å². The number of benzene rings is 1. The fourth-order valence-corrected chi connectivity index (χ4v) is 4.20. The third-order valence-electron chi connectivity index (χ3n) is 5.07. The molecule has 10 heteroatoms. The maximum Gasteiger partial charge on any atom is 0.271 e. The average molecular weight is 456 g/mol. The Balaban J connectivity index is 1.52. The molecule has 148 valence electrons. The summed E-state index contributed by atoms with van der Waals surface area (Å²) in [5, 5.41) is 12.0. The van der Waals surface area contributed by atoms with Crippen molar-refractivity contribution in [3.05, 3.63) is 40.9 Å². The van der Waals surface area contributed by atoms with Crippen molar-refractivity contribution in [2.24, 2.45) is 0 Å². The molecule has 1 aromatic carbocycles. The Kier molecular flexibility index (Phi) is 4.44. The lowest BCUT2D eigenvalue weighted by Gasteiger charge is -2.33. The van der Waals surface area contributed by atoms with E-state index in [0.29, 0.717) is 41.4 Å². The van der Waals surface area contributed by atoms with Crippen molar-refractivity contribution < 1.29 is 9.53 Å². The highest BCUT2D eigenvalue weighted by Gasteiger charge is 2.29. The van der Waals surface area contributed by atoms with Crippen molar-refractivity contribution in [3.8, 4) is 0 Å². The van der Waals surface area contributed by atoms with E-state index in [2.05, 4.69) is 46.4 Å². The lowest BCUT2D eigenvalue weighted by atomic mass is 10.2. The summed E-state index contributed by atoms with van der Waals surface area (Å²) in [6.45, 7) is 3.61. The molecule has 0 radical (unpaired) electrons. The minimum absolute atomic E-state index is 0.0138. The molecule has 0 spiro atoms. The number of rotatable bonds is 3. The summed E-state index contributed by atoms with van der Waals surface area (Å²) in [5.41, 5.74) is 2.87. The van der Waals surface area contributed by atoms with Gasteiger partial charge in [0, 0.05) is 17.6 Å². The molecule has 1 saturated heterocycles. The van der Waals surface area contributed by atoms with Gasteiger partial charge in [-0.1, -0.05) is 0 Å². The Hall–Kier alpha value is -2.98. The molecule has 0 aliphatic carbocycles. The Morgan fingerprint density at radius 1 is 1.38 bits per heavy atom. The van der Waals surface area contributed by atoms with Gasteiger partial charge in [0.05, 0.1) is 40.8 Å². The number of aromatic amines is 2. The van der Waals surface area contributed by atoms with Crippen LogP contribution >= 0.6 is 15.9 Å². The monoisotopic (exact) mass is 455 g/mol. The number of anilines is 2. The highest BCUT2D eigenvalue weighted by Crippen LogP contribution is 2.34. The first kappa shape index (κ1) is 18.1. The SMILES string of the molecule is C[C@@H]1COCCN1C(=O)c1[nH]c2ncnc(Nc3ccc4[nH]ncc4c3)c2c1Br. The van der Waals surface area contributed by atoms with E-state index < -0.39 is 0 Å². The van der Waals surface area contributed by atoms with E-state index in [-0.39, 0.29) is 11.9 Å². The van der Waals surface area contributed by atoms with Gasteiger partial charge in [-0.05, 0) is 41.1 Å². The van der Waals surface area contributed by atoms with Gasteiger partial charge in [-0.25, -0.2) is 9.97 Å². The maximum atomic E-state index is 13.1. The number of H-pyrrole nitrogens is 2. The van der Waals surface area contributed by atoms with Gasteiger partial charge in [0.1, 0.15) is 23.5 Å². The minimum Gasteiger partial charge on any atom is -0.377 e. The minimum atomic E-state index is -0.0866. The third kappa shape index (κ3) is 3.14. The van der Waals surface area contributed by atoms with Gasteiger partial charge < -0.3 is 19.9 Å². The molecular weight excluding hydrogens is 438 g/mol. The number of halogens is 1. The number of ether oxygens (including phenoxy) is 1. The van der Waals surface area contributed by atoms with Crippen LogP contribution < -0.4 is 5.32 Å². The van der Waals surface area contributed by atoms with Gasteiger partial charge >= 0.3 is 0 Å². The summed E-state index contributed by atoms with van der Waals surface area (Å²) in [6, 6.07) is 5.88. The van der Waals surface area contributed by atoms with Crippen LogP contribution in [-0.2, 0) is 4.74 Å². The van der Waals surface area contributed by atoms with Gasteiger partial charge in [0.15, 0.2) is 0 Å². The molecule has 4 aromatic rings. The Bertz CT molecular complexity index is 1220. The fourth-order valence-electron chi connectivity index (χ4n) is 3.56.